The van der Waals surface area contributed by atoms with E-state index in [0.29, 0.717) is 6.54 Å². The Morgan fingerprint density at radius 1 is 1.10 bits per heavy atom. The van der Waals surface area contributed by atoms with Crippen molar-refractivity contribution in [3.8, 4) is 0 Å². The lowest BCUT2D eigenvalue weighted by molar-refractivity contribution is 0.380. The van der Waals surface area contributed by atoms with E-state index < -0.39 is 6.98 Å². The number of anilines is 2. The van der Waals surface area contributed by atoms with Gasteiger partial charge in [-0.25, -0.2) is 0 Å². The van der Waals surface area contributed by atoms with Crippen LogP contribution in [0.3, 0.4) is 0 Å². The minimum atomic E-state index is -2.07. The second-order valence-corrected chi connectivity index (χ2v) is 6.22. The highest BCUT2D eigenvalue weighted by Gasteiger charge is 2.26. The Labute approximate surface area is 129 Å². The predicted molar refractivity (Wildman–Crippen MR) is 87.2 cm³/mol. The Morgan fingerprint density at radius 3 is 2.20 bits per heavy atom. The zero-order valence-electron chi connectivity index (χ0n) is 14.7. The lowest BCUT2D eigenvalue weighted by Gasteiger charge is -2.38. The molecule has 1 aliphatic heterocycles. The average molecular weight is 287 g/mol. The van der Waals surface area contributed by atoms with Gasteiger partial charge in [0.15, 0.2) is 0 Å². The molecule has 0 amide bonds. The van der Waals surface area contributed by atoms with Gasteiger partial charge in [-0.15, -0.1) is 0 Å². The van der Waals surface area contributed by atoms with Gasteiger partial charge in [0.05, 0.1) is 11.4 Å². The first-order valence-corrected chi connectivity index (χ1v) is 7.56. The average Bonchev–Trinajstić information content (AvgIpc) is 2.51. The number of para-hydroxylation sites is 2. The SMILES string of the molecule is [2H]C([2H])([2H])N(C)CC(C)N1c2ccccc2Sc2ccccc21. The number of benzene rings is 2. The summed E-state index contributed by atoms with van der Waals surface area (Å²) in [5.74, 6) is 0. The molecule has 1 aliphatic rings. The Bertz CT molecular complexity index is 657. The van der Waals surface area contributed by atoms with E-state index in [9.17, 15) is 0 Å². The molecule has 0 N–H and O–H groups in total. The molecular formula is C17H20N2S. The maximum Gasteiger partial charge on any atom is 0.0555 e. The molecule has 0 saturated carbocycles. The largest absolute Gasteiger partial charge is 0.335 e. The fourth-order valence-corrected chi connectivity index (χ4v) is 3.76. The first-order chi connectivity index (χ1) is 10.9. The van der Waals surface area contributed by atoms with Crippen molar-refractivity contribution in [3.63, 3.8) is 0 Å². The molecule has 2 aromatic rings. The molecule has 20 heavy (non-hydrogen) atoms. The van der Waals surface area contributed by atoms with Gasteiger partial charge in [0.25, 0.3) is 0 Å². The van der Waals surface area contributed by atoms with Crippen LogP contribution in [0, 0.1) is 0 Å². The molecular weight excluding hydrogens is 264 g/mol. The number of nitrogens with zero attached hydrogens (tertiary/aromatic N) is 2. The highest BCUT2D eigenvalue weighted by molar-refractivity contribution is 7.99. The van der Waals surface area contributed by atoms with E-state index in [4.69, 9.17) is 4.11 Å². The van der Waals surface area contributed by atoms with Crippen LogP contribution in [0.2, 0.25) is 0 Å². The van der Waals surface area contributed by atoms with Gasteiger partial charge in [0.1, 0.15) is 0 Å². The summed E-state index contributed by atoms with van der Waals surface area (Å²) in [4.78, 5) is 6.10. The third-order valence-electron chi connectivity index (χ3n) is 3.45. The van der Waals surface area contributed by atoms with Crippen LogP contribution in [0.15, 0.2) is 58.3 Å². The summed E-state index contributed by atoms with van der Waals surface area (Å²) >= 11 is 1.76. The first kappa shape index (κ1) is 10.3. The molecule has 0 aromatic heterocycles. The molecule has 0 spiro atoms. The molecule has 0 radical (unpaired) electrons. The minimum Gasteiger partial charge on any atom is -0.335 e. The number of hydrogen-bond acceptors (Lipinski definition) is 3. The Morgan fingerprint density at radius 2 is 1.65 bits per heavy atom. The molecule has 104 valence electrons. The van der Waals surface area contributed by atoms with E-state index in [1.54, 1.807) is 18.8 Å². The number of likely N-dealkylation sites (N-methyl/N-ethyl adjacent to an activating group) is 1. The van der Waals surface area contributed by atoms with Gasteiger partial charge in [0.2, 0.25) is 0 Å². The molecule has 2 nitrogen and oxygen atoms in total. The zero-order chi connectivity index (χ0) is 16.6. The topological polar surface area (TPSA) is 6.48 Å². The Hall–Kier alpha value is -1.45. The number of rotatable bonds is 3. The third kappa shape index (κ3) is 2.43. The van der Waals surface area contributed by atoms with E-state index in [-0.39, 0.29) is 6.04 Å². The van der Waals surface area contributed by atoms with Gasteiger partial charge < -0.3 is 9.80 Å². The zero-order valence-corrected chi connectivity index (χ0v) is 12.5. The van der Waals surface area contributed by atoms with Crippen molar-refractivity contribution in [1.29, 1.82) is 0 Å². The van der Waals surface area contributed by atoms with Crippen LogP contribution in [0.5, 0.6) is 0 Å². The predicted octanol–water partition coefficient (Wildman–Crippen LogP) is 4.24. The van der Waals surface area contributed by atoms with E-state index in [2.05, 4.69) is 36.1 Å². The first-order valence-electron chi connectivity index (χ1n) is 8.24. The van der Waals surface area contributed by atoms with E-state index in [1.807, 2.05) is 24.3 Å². The Balaban J connectivity index is 1.98. The van der Waals surface area contributed by atoms with Crippen LogP contribution in [-0.2, 0) is 0 Å². The summed E-state index contributed by atoms with van der Waals surface area (Å²) in [7, 11) is 1.65. The molecule has 0 fully saturated rings. The van der Waals surface area contributed by atoms with Crippen molar-refractivity contribution < 1.29 is 4.11 Å². The second-order valence-electron chi connectivity index (χ2n) is 5.14. The number of hydrogen-bond donors (Lipinski definition) is 0. The molecule has 1 heterocycles. The van der Waals surface area contributed by atoms with Crippen LogP contribution in [0.25, 0.3) is 0 Å². The molecule has 1 atom stereocenters. The molecule has 3 rings (SSSR count). The van der Waals surface area contributed by atoms with Crippen molar-refractivity contribution in [1.82, 2.24) is 4.90 Å². The van der Waals surface area contributed by atoms with E-state index in [0.717, 1.165) is 11.4 Å². The van der Waals surface area contributed by atoms with Gasteiger partial charge in [-0.2, -0.15) is 0 Å². The highest BCUT2D eigenvalue weighted by Crippen LogP contribution is 2.48. The smallest absolute Gasteiger partial charge is 0.0555 e. The minimum absolute atomic E-state index is 0.0450. The Kier molecular flexibility index (Phi) is 2.84. The maximum atomic E-state index is 7.57. The van der Waals surface area contributed by atoms with E-state index in [1.165, 1.54) is 14.7 Å². The quantitative estimate of drug-likeness (QED) is 0.833. The van der Waals surface area contributed by atoms with Crippen molar-refractivity contribution in [2.24, 2.45) is 0 Å². The summed E-state index contributed by atoms with van der Waals surface area (Å²) < 4.78 is 22.7. The van der Waals surface area contributed by atoms with Crippen LogP contribution in [0.4, 0.5) is 11.4 Å². The number of fused-ring (bicyclic) bond motifs is 2. The van der Waals surface area contributed by atoms with Crippen LogP contribution in [0.1, 0.15) is 11.0 Å². The van der Waals surface area contributed by atoms with E-state index >= 15 is 0 Å². The molecule has 0 saturated heterocycles. The second kappa shape index (κ2) is 5.51. The van der Waals surface area contributed by atoms with Crippen LogP contribution in [-0.4, -0.2) is 31.5 Å². The summed E-state index contributed by atoms with van der Waals surface area (Å²) in [5.41, 5.74) is 2.28. The standard InChI is InChI=1S/C17H20N2S/c1-13(12-18(2)3)19-14-8-4-6-10-16(14)20-17-11-7-5-9-15(17)19/h4-11,13H,12H2,1-3H3/i2D3. The molecule has 3 heteroatoms. The van der Waals surface area contributed by atoms with Crippen LogP contribution >= 0.6 is 11.8 Å². The van der Waals surface area contributed by atoms with Gasteiger partial charge in [-0.3, -0.25) is 0 Å². The summed E-state index contributed by atoms with van der Waals surface area (Å²) in [6, 6.07) is 16.6. The summed E-state index contributed by atoms with van der Waals surface area (Å²) in [6.07, 6.45) is 0. The van der Waals surface area contributed by atoms with Crippen molar-refractivity contribution in [2.75, 3.05) is 25.5 Å². The van der Waals surface area contributed by atoms with Gasteiger partial charge in [-0.05, 0) is 45.2 Å². The molecule has 2 aromatic carbocycles. The van der Waals surface area contributed by atoms with Crippen LogP contribution < -0.4 is 4.90 Å². The molecule has 1 unspecified atom stereocenters. The lowest BCUT2D eigenvalue weighted by atomic mass is 10.1. The highest BCUT2D eigenvalue weighted by atomic mass is 32.2. The van der Waals surface area contributed by atoms with Gasteiger partial charge in [0, 0.05) is 26.5 Å². The van der Waals surface area contributed by atoms with Crippen molar-refractivity contribution >= 4 is 23.1 Å². The van der Waals surface area contributed by atoms with Crippen molar-refractivity contribution in [3.05, 3.63) is 48.5 Å². The monoisotopic (exact) mass is 287 g/mol. The summed E-state index contributed by atoms with van der Waals surface area (Å²) in [6.45, 7) is 0.466. The summed E-state index contributed by atoms with van der Waals surface area (Å²) in [5, 5.41) is 0. The third-order valence-corrected chi connectivity index (χ3v) is 4.58. The molecule has 0 aliphatic carbocycles. The van der Waals surface area contributed by atoms with Crippen molar-refractivity contribution in [2.45, 2.75) is 22.8 Å². The fourth-order valence-electron chi connectivity index (χ4n) is 2.69. The van der Waals surface area contributed by atoms with Gasteiger partial charge in [-0.1, -0.05) is 36.0 Å². The normalized spacial score (nSPS) is 17.8. The maximum absolute atomic E-state index is 7.57. The molecule has 0 bridgehead atoms. The fraction of sp³-hybridized carbons (Fsp3) is 0.294. The van der Waals surface area contributed by atoms with Gasteiger partial charge >= 0.3 is 0 Å². The lowest BCUT2D eigenvalue weighted by Crippen LogP contribution is -2.38.